The number of ketones is 1. The SMILES string of the molecule is COC(=O)c1ccc(C(=O)O)o1.O=C(O)C(=O)C[C@H](O)[C@H](O)C(=O)O.O=C(O)C1OC(O)(C(=O)O)C[C@H]1O.O=C[C@@H](O)[C@@H](O)[C@H](O)[C@@H](O)C(=O)O.OCC1OC(O)[C@H](O)[C@@H](O)[C@@H]1O. The fourth-order valence-corrected chi connectivity index (χ4v) is 3.99. The van der Waals surface area contributed by atoms with Gasteiger partial charge in [0.15, 0.2) is 30.9 Å². The molecule has 0 saturated carbocycles. The monoisotopic (exact) mass is 928 g/mol. The summed E-state index contributed by atoms with van der Waals surface area (Å²) in [4.78, 5) is 92.0. The molecule has 2 fully saturated rings. The number of aromatic carboxylic acids is 1. The molecule has 0 amide bonds. The minimum Gasteiger partial charge on any atom is -0.479 e. The molecule has 3 rings (SSSR count). The number of ether oxygens (including phenoxy) is 3. The lowest BCUT2D eigenvalue weighted by atomic mass is 10.00. The standard InChI is InChI=1S/C7H6O5.C6H8O7.C6H10O7.C6H8O7.C6H12O6/c1-11-7(10)5-3-2-4(12-5)6(8)9;7-2-1-6(12,5(10)11)13-3(2)4(8)9;7-1-2(8)3(9)4(10)5(11)6(12)13;7-2(4(9)6(12)13)1-3(8)5(10)11;7-1-2-3(8)4(9)5(10)6(11)12-2/h2-3H,1H3,(H,8,9);2-3,7,12H,1H2,(H,8,9)(H,10,11);1-5,8-11H,(H,12,13);2,4,7,9H,1H2,(H,10,11)(H,12,13);2-11H,1H2/t;2-,3?,6?;2-,3-,4+,5-;2-,4-;2?,3-,4+,5-,6?/m.1101/s1. The summed E-state index contributed by atoms with van der Waals surface area (Å²) in [6.07, 6.45) is -24.3. The van der Waals surface area contributed by atoms with Crippen molar-refractivity contribution in [2.24, 2.45) is 0 Å². The van der Waals surface area contributed by atoms with Gasteiger partial charge in [0, 0.05) is 12.8 Å². The van der Waals surface area contributed by atoms with E-state index in [0.717, 1.165) is 0 Å². The van der Waals surface area contributed by atoms with Crippen LogP contribution in [0.25, 0.3) is 0 Å². The maximum atomic E-state index is 10.7. The number of carboxylic acid groups (broad SMARTS) is 6. The highest BCUT2D eigenvalue weighted by Crippen LogP contribution is 2.29. The molecule has 0 radical (unpaired) electrons. The van der Waals surface area contributed by atoms with Crippen LogP contribution in [0.4, 0.5) is 0 Å². The molecule has 4 unspecified atom stereocenters. The van der Waals surface area contributed by atoms with Crippen molar-refractivity contribution in [1.29, 1.82) is 0 Å². The number of aliphatic carboxylic acids is 5. The van der Waals surface area contributed by atoms with Crippen LogP contribution in [-0.2, 0) is 47.8 Å². The molecule has 0 aliphatic carbocycles. The number of hydrogen-bond acceptors (Lipinski definition) is 26. The van der Waals surface area contributed by atoms with Crippen molar-refractivity contribution in [1.82, 2.24) is 0 Å². The van der Waals surface area contributed by atoms with Gasteiger partial charge in [-0.3, -0.25) is 4.79 Å². The lowest BCUT2D eigenvalue weighted by Crippen LogP contribution is -2.58. The lowest BCUT2D eigenvalue weighted by molar-refractivity contribution is -0.286. The number of esters is 1. The van der Waals surface area contributed by atoms with E-state index in [4.69, 9.17) is 97.0 Å². The van der Waals surface area contributed by atoms with E-state index < -0.39 is 152 Å². The first kappa shape index (κ1) is 59.4. The normalized spacial score (nSPS) is 26.3. The average Bonchev–Trinajstić information content (AvgIpc) is 3.85. The molecule has 63 heavy (non-hydrogen) atoms. The number of Topliss-reactive ketones (excluding diaryl/α,β-unsaturated/α-hetero) is 1. The highest BCUT2D eigenvalue weighted by molar-refractivity contribution is 6.32. The summed E-state index contributed by atoms with van der Waals surface area (Å²) in [5.41, 5.74) is 0. The molecule has 14 atom stereocenters. The van der Waals surface area contributed by atoms with E-state index in [1.807, 2.05) is 0 Å². The van der Waals surface area contributed by atoms with Crippen LogP contribution in [-0.4, -0.2) is 250 Å². The number of carbonyl (C=O) groups is 9. The largest absolute Gasteiger partial charge is 0.479 e. The molecule has 3 heterocycles. The van der Waals surface area contributed by atoms with Crippen molar-refractivity contribution in [2.75, 3.05) is 13.7 Å². The summed E-state index contributed by atoms with van der Waals surface area (Å²) in [5.74, 6) is -14.7. The number of rotatable bonds is 15. The van der Waals surface area contributed by atoms with Crippen molar-refractivity contribution < 1.29 is 159 Å². The van der Waals surface area contributed by atoms with E-state index in [1.54, 1.807) is 0 Å². The van der Waals surface area contributed by atoms with Gasteiger partial charge in [0.2, 0.25) is 17.3 Å². The molecular weight excluding hydrogens is 884 g/mol. The number of aldehydes is 1. The Bertz CT molecular complexity index is 1690. The second kappa shape index (κ2) is 27.4. The zero-order chi connectivity index (χ0) is 49.9. The number of aliphatic hydroxyl groups is 13. The highest BCUT2D eigenvalue weighted by atomic mass is 16.7. The van der Waals surface area contributed by atoms with Gasteiger partial charge in [0.1, 0.15) is 42.7 Å². The fraction of sp³-hybridized carbons (Fsp3) is 0.581. The van der Waals surface area contributed by atoms with Crippen LogP contribution in [0.15, 0.2) is 16.5 Å². The molecule has 32 nitrogen and oxygen atoms in total. The molecule has 2 aliphatic rings. The predicted octanol–water partition coefficient (Wildman–Crippen LogP) is -9.91. The number of methoxy groups -OCH3 is 1. The maximum absolute atomic E-state index is 10.7. The molecule has 2 saturated heterocycles. The van der Waals surface area contributed by atoms with E-state index in [2.05, 4.69) is 18.6 Å². The van der Waals surface area contributed by atoms with Crippen LogP contribution >= 0.6 is 0 Å². The smallest absolute Gasteiger partial charge is 0.373 e. The van der Waals surface area contributed by atoms with Crippen LogP contribution in [0, 0.1) is 0 Å². The predicted molar refractivity (Wildman–Crippen MR) is 183 cm³/mol. The van der Waals surface area contributed by atoms with Crippen molar-refractivity contribution in [3.63, 3.8) is 0 Å². The van der Waals surface area contributed by atoms with E-state index in [-0.39, 0.29) is 17.8 Å². The van der Waals surface area contributed by atoms with E-state index in [1.165, 1.54) is 19.2 Å². The summed E-state index contributed by atoms with van der Waals surface area (Å²) < 4.78 is 17.8. The van der Waals surface area contributed by atoms with Crippen molar-refractivity contribution in [3.05, 3.63) is 23.7 Å². The Morgan fingerprint density at radius 1 is 0.778 bits per heavy atom. The van der Waals surface area contributed by atoms with Crippen LogP contribution in [0.2, 0.25) is 0 Å². The van der Waals surface area contributed by atoms with Gasteiger partial charge in [0.25, 0.3) is 5.79 Å². The highest BCUT2D eigenvalue weighted by Gasteiger charge is 2.53. The van der Waals surface area contributed by atoms with Crippen LogP contribution in [0.3, 0.4) is 0 Å². The first-order chi connectivity index (χ1) is 28.9. The topological polar surface area (TPSA) is 579 Å². The Morgan fingerprint density at radius 3 is 1.63 bits per heavy atom. The molecule has 1 aromatic heterocycles. The fourth-order valence-electron chi connectivity index (χ4n) is 3.99. The zero-order valence-corrected chi connectivity index (χ0v) is 31.7. The van der Waals surface area contributed by atoms with E-state index in [9.17, 15) is 43.2 Å². The van der Waals surface area contributed by atoms with Crippen LogP contribution < -0.4 is 0 Å². The Hall–Kier alpha value is -5.69. The maximum Gasteiger partial charge on any atom is 0.373 e. The van der Waals surface area contributed by atoms with Gasteiger partial charge in [-0.05, 0) is 12.1 Å². The van der Waals surface area contributed by atoms with Gasteiger partial charge in [-0.2, -0.15) is 0 Å². The number of carboxylic acids is 6. The molecule has 2 aliphatic heterocycles. The van der Waals surface area contributed by atoms with Gasteiger partial charge in [-0.15, -0.1) is 0 Å². The van der Waals surface area contributed by atoms with Crippen LogP contribution in [0.1, 0.15) is 34.0 Å². The second-order valence-electron chi connectivity index (χ2n) is 12.1. The third kappa shape index (κ3) is 19.1. The minimum atomic E-state index is -2.59. The molecule has 0 bridgehead atoms. The number of carbonyl (C=O) groups excluding carboxylic acids is 3. The summed E-state index contributed by atoms with van der Waals surface area (Å²) >= 11 is 0. The van der Waals surface area contributed by atoms with Gasteiger partial charge < -0.3 is 120 Å². The van der Waals surface area contributed by atoms with Crippen molar-refractivity contribution >= 4 is 53.9 Å². The first-order valence-corrected chi connectivity index (χ1v) is 16.6. The Balaban J connectivity index is 0. The molecule has 19 N–H and O–H groups in total. The van der Waals surface area contributed by atoms with Crippen molar-refractivity contribution in [3.8, 4) is 0 Å². The summed E-state index contributed by atoms with van der Waals surface area (Å²) in [6, 6.07) is 2.43. The molecule has 360 valence electrons. The molecule has 1 aromatic rings. The summed E-state index contributed by atoms with van der Waals surface area (Å²) in [5, 5.41) is 165. The molecule has 0 spiro atoms. The zero-order valence-electron chi connectivity index (χ0n) is 31.7. The average molecular weight is 929 g/mol. The van der Waals surface area contributed by atoms with Crippen molar-refractivity contribution in [2.45, 2.75) is 98.2 Å². The van der Waals surface area contributed by atoms with Gasteiger partial charge in [0.05, 0.1) is 25.9 Å². The lowest BCUT2D eigenvalue weighted by Gasteiger charge is -2.37. The number of furan rings is 1. The Kier molecular flexibility index (Phi) is 25.8. The van der Waals surface area contributed by atoms with Crippen LogP contribution in [0.5, 0.6) is 0 Å². The Morgan fingerprint density at radius 2 is 1.29 bits per heavy atom. The third-order valence-corrected chi connectivity index (χ3v) is 7.47. The molecule has 32 heteroatoms. The Labute approximate surface area is 348 Å². The molecule has 0 aromatic carbocycles. The van der Waals surface area contributed by atoms with E-state index >= 15 is 0 Å². The second-order valence-corrected chi connectivity index (χ2v) is 12.1. The summed E-state index contributed by atoms with van der Waals surface area (Å²) in [7, 11) is 1.19. The van der Waals surface area contributed by atoms with Gasteiger partial charge in [-0.1, -0.05) is 0 Å². The summed E-state index contributed by atoms with van der Waals surface area (Å²) in [6.45, 7) is -0.526. The van der Waals surface area contributed by atoms with Gasteiger partial charge in [-0.25, -0.2) is 33.6 Å². The van der Waals surface area contributed by atoms with E-state index in [0.29, 0.717) is 0 Å². The molecular formula is C31H44O32. The minimum absolute atomic E-state index is 0.0809. The number of aliphatic hydroxyl groups excluding tert-OH is 12. The quantitative estimate of drug-likeness (QED) is 0.0441. The van der Waals surface area contributed by atoms with Gasteiger partial charge >= 0.3 is 41.8 Å². The first-order valence-electron chi connectivity index (χ1n) is 16.6. The number of hydrogen-bond donors (Lipinski definition) is 19. The third-order valence-electron chi connectivity index (χ3n) is 7.47.